The van der Waals surface area contributed by atoms with Crippen molar-refractivity contribution < 1.29 is 9.72 Å². The third-order valence-electron chi connectivity index (χ3n) is 2.97. The largest absolute Gasteiger partial charge is 0.360 e. The van der Waals surface area contributed by atoms with Gasteiger partial charge in [-0.05, 0) is 30.3 Å². The molecule has 0 unspecified atom stereocenters. The number of amides is 1. The highest BCUT2D eigenvalue weighted by molar-refractivity contribution is 6.32. The minimum atomic E-state index is -0.652. The highest BCUT2D eigenvalue weighted by Crippen LogP contribution is 2.27. The van der Waals surface area contributed by atoms with Gasteiger partial charge in [0.05, 0.1) is 4.92 Å². The normalized spacial score (nSPS) is 10.7. The molecule has 2 rings (SSSR count). The predicted octanol–water partition coefficient (Wildman–Crippen LogP) is 4.36. The highest BCUT2D eigenvalue weighted by atomic mass is 35.5. The molecule has 126 valence electrons. The lowest BCUT2D eigenvalue weighted by atomic mass is 10.2. The van der Waals surface area contributed by atoms with E-state index in [0.717, 1.165) is 6.20 Å². The molecule has 0 saturated carbocycles. The van der Waals surface area contributed by atoms with Gasteiger partial charge in [0, 0.05) is 28.7 Å². The predicted molar refractivity (Wildman–Crippen MR) is 95.5 cm³/mol. The van der Waals surface area contributed by atoms with Crippen LogP contribution < -0.4 is 10.6 Å². The summed E-state index contributed by atoms with van der Waals surface area (Å²) in [4.78, 5) is 22.3. The first kappa shape index (κ1) is 18.3. The average Bonchev–Trinajstić information content (AvgIpc) is 2.56. The van der Waals surface area contributed by atoms with Crippen LogP contribution in [0.3, 0.4) is 0 Å². The molecule has 2 aromatic rings. The van der Waals surface area contributed by atoms with Gasteiger partial charge in [-0.2, -0.15) is 5.26 Å². The Labute approximate surface area is 152 Å². The molecule has 9 heteroatoms. The Kier molecular flexibility index (Phi) is 5.95. The highest BCUT2D eigenvalue weighted by Gasteiger charge is 2.13. The van der Waals surface area contributed by atoms with Gasteiger partial charge < -0.3 is 10.6 Å². The second-order valence-corrected chi connectivity index (χ2v) is 5.55. The lowest BCUT2D eigenvalue weighted by molar-refractivity contribution is -0.384. The zero-order valence-electron chi connectivity index (χ0n) is 12.5. The van der Waals surface area contributed by atoms with E-state index in [1.807, 2.05) is 0 Å². The molecule has 0 spiro atoms. The summed E-state index contributed by atoms with van der Waals surface area (Å²) in [6.45, 7) is 0. The van der Waals surface area contributed by atoms with Crippen LogP contribution in [0.1, 0.15) is 0 Å². The van der Waals surface area contributed by atoms with Crippen LogP contribution in [0.25, 0.3) is 0 Å². The first-order chi connectivity index (χ1) is 11.9. The Balaban J connectivity index is 2.15. The molecular weight excluding hydrogens is 367 g/mol. The van der Waals surface area contributed by atoms with E-state index in [1.54, 1.807) is 24.3 Å². The first-order valence-corrected chi connectivity index (χ1v) is 7.54. The number of anilines is 2. The number of carbonyl (C=O) groups excluding carboxylic acids is 1. The summed E-state index contributed by atoms with van der Waals surface area (Å²) in [5.41, 5.74) is 0.222. The molecule has 0 bridgehead atoms. The van der Waals surface area contributed by atoms with Crippen molar-refractivity contribution in [3.63, 3.8) is 0 Å². The first-order valence-electron chi connectivity index (χ1n) is 6.78. The van der Waals surface area contributed by atoms with E-state index in [2.05, 4.69) is 10.6 Å². The summed E-state index contributed by atoms with van der Waals surface area (Å²) in [6, 6.07) is 12.2. The molecule has 0 radical (unpaired) electrons. The van der Waals surface area contributed by atoms with Crippen molar-refractivity contribution in [2.45, 2.75) is 0 Å². The van der Waals surface area contributed by atoms with Gasteiger partial charge >= 0.3 is 0 Å². The molecule has 0 aliphatic heterocycles. The van der Waals surface area contributed by atoms with Crippen molar-refractivity contribution in [2.75, 3.05) is 10.6 Å². The molecule has 1 amide bonds. The van der Waals surface area contributed by atoms with Gasteiger partial charge in [-0.1, -0.05) is 29.3 Å². The number of benzene rings is 2. The fraction of sp³-hybridized carbons (Fsp3) is 0. The quantitative estimate of drug-likeness (QED) is 0.348. The van der Waals surface area contributed by atoms with Crippen LogP contribution in [-0.2, 0) is 4.79 Å². The number of nitriles is 1. The van der Waals surface area contributed by atoms with Crippen LogP contribution in [0.4, 0.5) is 17.1 Å². The van der Waals surface area contributed by atoms with E-state index in [9.17, 15) is 14.9 Å². The summed E-state index contributed by atoms with van der Waals surface area (Å²) in [7, 11) is 0. The Morgan fingerprint density at radius 2 is 1.96 bits per heavy atom. The molecule has 2 N–H and O–H groups in total. The number of nitro benzene ring substituents is 1. The molecule has 0 saturated heterocycles. The summed E-state index contributed by atoms with van der Waals surface area (Å²) >= 11 is 11.5. The van der Waals surface area contributed by atoms with Gasteiger partial charge in [0.2, 0.25) is 0 Å². The third-order valence-corrected chi connectivity index (χ3v) is 3.53. The van der Waals surface area contributed by atoms with Gasteiger partial charge in [-0.25, -0.2) is 0 Å². The number of rotatable bonds is 5. The molecule has 2 aromatic carbocycles. The molecule has 0 heterocycles. The van der Waals surface area contributed by atoms with E-state index in [1.165, 1.54) is 24.3 Å². The summed E-state index contributed by atoms with van der Waals surface area (Å²) < 4.78 is 0. The number of hydrogen-bond acceptors (Lipinski definition) is 5. The summed E-state index contributed by atoms with van der Waals surface area (Å²) in [5, 5.41) is 25.6. The van der Waals surface area contributed by atoms with Crippen molar-refractivity contribution in [2.24, 2.45) is 0 Å². The Hall–Kier alpha value is -3.08. The molecular formula is C16H10Cl2N4O3. The zero-order chi connectivity index (χ0) is 18.4. The van der Waals surface area contributed by atoms with Gasteiger partial charge in [0.1, 0.15) is 16.7 Å². The SMILES string of the molecule is N#C/C(=C/Nc1ccc(Cl)c([N+](=O)[O-])c1)C(=O)Nc1cccc(Cl)c1. The van der Waals surface area contributed by atoms with Gasteiger partial charge in [0.25, 0.3) is 11.6 Å². The number of hydrogen-bond donors (Lipinski definition) is 2. The monoisotopic (exact) mass is 376 g/mol. The second kappa shape index (κ2) is 8.15. The van der Waals surface area contributed by atoms with Crippen LogP contribution in [0, 0.1) is 21.4 Å². The van der Waals surface area contributed by atoms with E-state index < -0.39 is 10.8 Å². The maximum absolute atomic E-state index is 12.1. The van der Waals surface area contributed by atoms with Crippen molar-refractivity contribution >= 4 is 46.2 Å². The maximum Gasteiger partial charge on any atom is 0.289 e. The Morgan fingerprint density at radius 3 is 2.60 bits per heavy atom. The Morgan fingerprint density at radius 1 is 1.20 bits per heavy atom. The van der Waals surface area contributed by atoms with Crippen molar-refractivity contribution in [3.05, 3.63) is 74.4 Å². The van der Waals surface area contributed by atoms with Gasteiger partial charge in [-0.3, -0.25) is 14.9 Å². The molecule has 0 aliphatic carbocycles. The van der Waals surface area contributed by atoms with Crippen LogP contribution >= 0.6 is 23.2 Å². The molecule has 0 fully saturated rings. The van der Waals surface area contributed by atoms with Gasteiger partial charge in [0.15, 0.2) is 0 Å². The minimum Gasteiger partial charge on any atom is -0.360 e. The van der Waals surface area contributed by atoms with Crippen LogP contribution in [0.15, 0.2) is 54.2 Å². The van der Waals surface area contributed by atoms with E-state index in [-0.39, 0.29) is 16.3 Å². The van der Waals surface area contributed by atoms with E-state index >= 15 is 0 Å². The fourth-order valence-corrected chi connectivity index (χ4v) is 2.19. The topological polar surface area (TPSA) is 108 Å². The van der Waals surface area contributed by atoms with Crippen molar-refractivity contribution in [1.29, 1.82) is 5.26 Å². The Bertz CT molecular complexity index is 906. The molecule has 0 atom stereocenters. The minimum absolute atomic E-state index is 0.0151. The number of carbonyl (C=O) groups is 1. The fourth-order valence-electron chi connectivity index (χ4n) is 1.81. The van der Waals surface area contributed by atoms with Gasteiger partial charge in [-0.15, -0.1) is 0 Å². The number of halogens is 2. The third kappa shape index (κ3) is 4.94. The van der Waals surface area contributed by atoms with E-state index in [0.29, 0.717) is 16.4 Å². The van der Waals surface area contributed by atoms with Crippen LogP contribution in [0.5, 0.6) is 0 Å². The molecule has 25 heavy (non-hydrogen) atoms. The molecule has 0 aliphatic rings. The van der Waals surface area contributed by atoms with Crippen molar-refractivity contribution in [3.8, 4) is 6.07 Å². The summed E-state index contributed by atoms with van der Waals surface area (Å²) in [6.07, 6.45) is 1.15. The maximum atomic E-state index is 12.1. The average molecular weight is 377 g/mol. The smallest absolute Gasteiger partial charge is 0.289 e. The van der Waals surface area contributed by atoms with Crippen LogP contribution in [-0.4, -0.2) is 10.8 Å². The number of nitro groups is 1. The zero-order valence-corrected chi connectivity index (χ0v) is 14.0. The summed E-state index contributed by atoms with van der Waals surface area (Å²) in [5.74, 6) is -0.652. The van der Waals surface area contributed by atoms with Crippen LogP contribution in [0.2, 0.25) is 10.0 Å². The van der Waals surface area contributed by atoms with Crippen molar-refractivity contribution in [1.82, 2.24) is 0 Å². The lowest BCUT2D eigenvalue weighted by Crippen LogP contribution is -2.14. The number of nitrogens with one attached hydrogen (secondary N) is 2. The second-order valence-electron chi connectivity index (χ2n) is 4.70. The number of nitrogens with zero attached hydrogens (tertiary/aromatic N) is 2. The molecule has 0 aromatic heterocycles. The lowest BCUT2D eigenvalue weighted by Gasteiger charge is -2.06. The standard InChI is InChI=1S/C16H10Cl2N4O3/c17-11-2-1-3-13(6-11)21-16(23)10(8-19)9-20-12-4-5-14(18)15(7-12)22(24)25/h1-7,9,20H,(H,21,23)/b10-9-. The van der Waals surface area contributed by atoms with E-state index in [4.69, 9.17) is 28.5 Å². The molecule has 7 nitrogen and oxygen atoms in total.